The number of nitrogens with zero attached hydrogens (tertiary/aromatic N) is 4. The number of aromatic nitrogens is 5. The van der Waals surface area contributed by atoms with Crippen molar-refractivity contribution in [3.8, 4) is 0 Å². The summed E-state index contributed by atoms with van der Waals surface area (Å²) in [6.45, 7) is 8.30. The molecule has 2 aromatic heterocycles. The Hall–Kier alpha value is -1.91. The maximum absolute atomic E-state index is 4.60. The Morgan fingerprint density at radius 3 is 2.35 bits per heavy atom. The van der Waals surface area contributed by atoms with Crippen molar-refractivity contribution in [1.82, 2.24) is 25.0 Å². The summed E-state index contributed by atoms with van der Waals surface area (Å²) in [4.78, 5) is 10.5. The third-order valence-corrected chi connectivity index (χ3v) is 3.20. The molecule has 88 valence electrons. The fourth-order valence-electron chi connectivity index (χ4n) is 2.16. The highest BCUT2D eigenvalue weighted by Gasteiger charge is 2.15. The van der Waals surface area contributed by atoms with Gasteiger partial charge in [-0.25, -0.2) is 14.8 Å². The monoisotopic (exact) mass is 229 g/mol. The first-order valence-electron chi connectivity index (χ1n) is 5.77. The van der Waals surface area contributed by atoms with Gasteiger partial charge in [0.15, 0.2) is 0 Å². The molecule has 0 amide bonds. The van der Waals surface area contributed by atoms with E-state index in [0.29, 0.717) is 6.04 Å². The molecular formula is C12H15N5. The number of benzene rings is 1. The number of nitrogens with one attached hydrogen (secondary N) is 1. The van der Waals surface area contributed by atoms with Gasteiger partial charge in [-0.3, -0.25) is 5.10 Å². The molecule has 3 aromatic rings. The number of hydrogen-bond acceptors (Lipinski definition) is 3. The molecule has 5 nitrogen and oxygen atoms in total. The van der Waals surface area contributed by atoms with Gasteiger partial charge in [-0.1, -0.05) is 0 Å². The minimum absolute atomic E-state index is 0.316. The van der Waals surface area contributed by atoms with Crippen LogP contribution in [0.4, 0.5) is 0 Å². The zero-order valence-corrected chi connectivity index (χ0v) is 10.4. The lowest BCUT2D eigenvalue weighted by Crippen LogP contribution is -2.04. The van der Waals surface area contributed by atoms with E-state index in [9.17, 15) is 0 Å². The molecule has 0 aliphatic heterocycles. The SMILES string of the molecule is Cc1c2ncnc2c(C)c2[nH]n(C(C)C)nc12. The van der Waals surface area contributed by atoms with Crippen molar-refractivity contribution in [1.29, 1.82) is 0 Å². The average molecular weight is 229 g/mol. The number of hydrogen-bond donors (Lipinski definition) is 1. The van der Waals surface area contributed by atoms with Crippen LogP contribution < -0.4 is 0 Å². The average Bonchev–Trinajstić information content (AvgIpc) is 2.92. The van der Waals surface area contributed by atoms with E-state index in [2.05, 4.69) is 40.9 Å². The topological polar surface area (TPSA) is 59.4 Å². The third-order valence-electron chi connectivity index (χ3n) is 3.20. The zero-order chi connectivity index (χ0) is 12.2. The molecule has 0 saturated carbocycles. The summed E-state index contributed by atoms with van der Waals surface area (Å²) in [7, 11) is 0. The van der Waals surface area contributed by atoms with Crippen LogP contribution in [0, 0.1) is 13.8 Å². The Morgan fingerprint density at radius 1 is 1.06 bits per heavy atom. The molecule has 0 atom stereocenters. The standard InChI is InChI=1S/C12H15N5/c1-6(2)17-15-11-7(3)9-10(14-5-13-9)8(4)12(11)16-17/h5-6,15H,1-4H3. The lowest BCUT2D eigenvalue weighted by Gasteiger charge is -2.02. The molecule has 0 spiro atoms. The first-order chi connectivity index (χ1) is 8.09. The van der Waals surface area contributed by atoms with Crippen molar-refractivity contribution >= 4 is 22.1 Å². The van der Waals surface area contributed by atoms with Crippen LogP contribution in [0.15, 0.2) is 6.33 Å². The van der Waals surface area contributed by atoms with Crippen LogP contribution in [0.2, 0.25) is 0 Å². The van der Waals surface area contributed by atoms with E-state index in [4.69, 9.17) is 0 Å². The summed E-state index contributed by atoms with van der Waals surface area (Å²) in [5.74, 6) is 0. The molecule has 0 unspecified atom stereocenters. The summed E-state index contributed by atoms with van der Waals surface area (Å²) in [5, 5.41) is 7.92. The summed E-state index contributed by atoms with van der Waals surface area (Å²) >= 11 is 0. The lowest BCUT2D eigenvalue weighted by atomic mass is 10.1. The van der Waals surface area contributed by atoms with Crippen molar-refractivity contribution in [3.63, 3.8) is 0 Å². The minimum Gasteiger partial charge on any atom is -0.280 e. The van der Waals surface area contributed by atoms with Crippen LogP contribution >= 0.6 is 0 Å². The lowest BCUT2D eigenvalue weighted by molar-refractivity contribution is 0.472. The Morgan fingerprint density at radius 2 is 1.71 bits per heavy atom. The van der Waals surface area contributed by atoms with E-state index in [-0.39, 0.29) is 0 Å². The van der Waals surface area contributed by atoms with E-state index in [1.54, 1.807) is 6.33 Å². The van der Waals surface area contributed by atoms with Crippen LogP contribution in [0.1, 0.15) is 31.0 Å². The van der Waals surface area contributed by atoms with Gasteiger partial charge in [0, 0.05) is 11.1 Å². The highest BCUT2D eigenvalue weighted by Crippen LogP contribution is 2.27. The van der Waals surface area contributed by atoms with Gasteiger partial charge in [-0.15, -0.1) is 0 Å². The van der Waals surface area contributed by atoms with Gasteiger partial charge in [0.25, 0.3) is 0 Å². The van der Waals surface area contributed by atoms with Gasteiger partial charge in [0.1, 0.15) is 11.8 Å². The fourth-order valence-corrected chi connectivity index (χ4v) is 2.16. The highest BCUT2D eigenvalue weighted by atomic mass is 15.5. The highest BCUT2D eigenvalue weighted by molar-refractivity contribution is 5.98. The fraction of sp³-hybridized carbons (Fsp3) is 0.417. The second kappa shape index (κ2) is 3.29. The van der Waals surface area contributed by atoms with E-state index in [1.807, 2.05) is 11.7 Å². The van der Waals surface area contributed by atoms with Gasteiger partial charge in [0.2, 0.25) is 0 Å². The van der Waals surface area contributed by atoms with Crippen molar-refractivity contribution in [2.75, 3.05) is 0 Å². The summed E-state index contributed by atoms with van der Waals surface area (Å²) in [6, 6.07) is 0.316. The van der Waals surface area contributed by atoms with Crippen molar-refractivity contribution in [3.05, 3.63) is 17.5 Å². The molecule has 0 aliphatic rings. The number of fused-ring (bicyclic) bond motifs is 2. The van der Waals surface area contributed by atoms with Crippen LogP contribution in [0.5, 0.6) is 0 Å². The Balaban J connectivity index is 2.49. The van der Waals surface area contributed by atoms with E-state index < -0.39 is 0 Å². The number of H-pyrrole nitrogens is 1. The molecule has 5 heteroatoms. The molecule has 2 heterocycles. The molecule has 1 N–H and O–H groups in total. The molecule has 0 bridgehead atoms. The number of aromatic amines is 1. The second-order valence-corrected chi connectivity index (χ2v) is 4.69. The van der Waals surface area contributed by atoms with Crippen LogP contribution in [-0.2, 0) is 0 Å². The number of aryl methyl sites for hydroxylation is 2. The summed E-state index contributed by atoms with van der Waals surface area (Å²) in [5.41, 5.74) is 6.18. The summed E-state index contributed by atoms with van der Waals surface area (Å²) < 4.78 is 0. The van der Waals surface area contributed by atoms with Crippen molar-refractivity contribution < 1.29 is 0 Å². The predicted molar refractivity (Wildman–Crippen MR) is 67.0 cm³/mol. The smallest absolute Gasteiger partial charge is 0.116 e. The normalized spacial score (nSPS) is 12.1. The third kappa shape index (κ3) is 1.28. The van der Waals surface area contributed by atoms with Gasteiger partial charge in [-0.05, 0) is 27.7 Å². The van der Waals surface area contributed by atoms with Gasteiger partial charge in [0.05, 0.1) is 22.6 Å². The molecular weight excluding hydrogens is 214 g/mol. The Labute approximate surface area is 98.8 Å². The van der Waals surface area contributed by atoms with E-state index in [0.717, 1.165) is 33.2 Å². The van der Waals surface area contributed by atoms with Gasteiger partial charge in [-0.2, -0.15) is 5.10 Å². The molecule has 0 aliphatic carbocycles. The first-order valence-corrected chi connectivity index (χ1v) is 5.77. The maximum Gasteiger partial charge on any atom is 0.116 e. The number of imidazole rings is 1. The Bertz CT molecular complexity index is 650. The summed E-state index contributed by atoms with van der Waals surface area (Å²) in [6.07, 6.45) is 1.61. The molecule has 0 saturated heterocycles. The van der Waals surface area contributed by atoms with E-state index in [1.165, 1.54) is 0 Å². The molecule has 0 fully saturated rings. The predicted octanol–water partition coefficient (Wildman–Crippen LogP) is 2.51. The zero-order valence-electron chi connectivity index (χ0n) is 10.4. The second-order valence-electron chi connectivity index (χ2n) is 4.69. The quantitative estimate of drug-likeness (QED) is 0.697. The minimum atomic E-state index is 0.316. The van der Waals surface area contributed by atoms with Gasteiger partial charge >= 0.3 is 0 Å². The maximum atomic E-state index is 4.60. The van der Waals surface area contributed by atoms with Crippen LogP contribution in [-0.4, -0.2) is 25.0 Å². The molecule has 0 radical (unpaired) electrons. The molecule has 1 aromatic carbocycles. The number of rotatable bonds is 1. The first kappa shape index (κ1) is 10.3. The largest absolute Gasteiger partial charge is 0.280 e. The molecule has 17 heavy (non-hydrogen) atoms. The molecule has 3 rings (SSSR count). The van der Waals surface area contributed by atoms with Crippen LogP contribution in [0.25, 0.3) is 22.1 Å². The van der Waals surface area contributed by atoms with E-state index >= 15 is 0 Å². The van der Waals surface area contributed by atoms with Crippen LogP contribution in [0.3, 0.4) is 0 Å². The van der Waals surface area contributed by atoms with Crippen molar-refractivity contribution in [2.24, 2.45) is 0 Å². The van der Waals surface area contributed by atoms with Gasteiger partial charge < -0.3 is 0 Å². The Kier molecular flexibility index (Phi) is 1.98. The van der Waals surface area contributed by atoms with Crippen molar-refractivity contribution in [2.45, 2.75) is 33.7 Å².